The number of hydrogen-bond donors (Lipinski definition) is 1. The molecule has 1 atom stereocenters. The van der Waals surface area contributed by atoms with Gasteiger partial charge in [0.15, 0.2) is 0 Å². The number of aryl methyl sites for hydroxylation is 1. The molecule has 0 spiro atoms. The third-order valence-electron chi connectivity index (χ3n) is 6.84. The third-order valence-corrected chi connectivity index (χ3v) is 9.07. The van der Waals surface area contributed by atoms with Crippen molar-refractivity contribution in [1.82, 2.24) is 10.2 Å². The van der Waals surface area contributed by atoms with E-state index in [1.54, 1.807) is 25.1 Å². The molecule has 0 aliphatic carbocycles. The van der Waals surface area contributed by atoms with E-state index in [4.69, 9.17) is 23.2 Å². The Bertz CT molecular complexity index is 1630. The van der Waals surface area contributed by atoms with Gasteiger partial charge in [0.2, 0.25) is 11.8 Å². The number of likely N-dealkylation sites (N-methyl/N-ethyl adjacent to an activating group) is 1. The lowest BCUT2D eigenvalue weighted by Crippen LogP contribution is -2.53. The highest BCUT2D eigenvalue weighted by Gasteiger charge is 2.34. The molecule has 7 nitrogen and oxygen atoms in total. The molecule has 0 fully saturated rings. The van der Waals surface area contributed by atoms with Crippen LogP contribution in [-0.4, -0.2) is 44.3 Å². The van der Waals surface area contributed by atoms with E-state index < -0.39 is 28.5 Å². The summed E-state index contributed by atoms with van der Waals surface area (Å²) < 4.78 is 29.0. The van der Waals surface area contributed by atoms with Gasteiger partial charge in [-0.3, -0.25) is 13.9 Å². The number of anilines is 1. The molecule has 0 aliphatic rings. The Kier molecular flexibility index (Phi) is 10.9. The summed E-state index contributed by atoms with van der Waals surface area (Å²) in [5.74, 6) is -0.904. The predicted octanol–water partition coefficient (Wildman–Crippen LogP) is 6.27. The first-order valence-corrected chi connectivity index (χ1v) is 16.0. The van der Waals surface area contributed by atoms with E-state index in [0.29, 0.717) is 6.54 Å². The van der Waals surface area contributed by atoms with Gasteiger partial charge in [-0.1, -0.05) is 102 Å². The highest BCUT2D eigenvalue weighted by Crippen LogP contribution is 2.30. The Morgan fingerprint density at radius 1 is 0.814 bits per heavy atom. The summed E-state index contributed by atoms with van der Waals surface area (Å²) in [4.78, 5) is 29.3. The Morgan fingerprint density at radius 3 is 1.98 bits per heavy atom. The second-order valence-corrected chi connectivity index (χ2v) is 12.8. The fourth-order valence-corrected chi connectivity index (χ4v) is 6.60. The van der Waals surface area contributed by atoms with Gasteiger partial charge in [0.25, 0.3) is 10.0 Å². The number of halogens is 2. The number of benzene rings is 4. The molecule has 0 heterocycles. The molecule has 4 aromatic carbocycles. The Morgan fingerprint density at radius 2 is 1.40 bits per heavy atom. The van der Waals surface area contributed by atoms with E-state index in [0.717, 1.165) is 21.0 Å². The van der Waals surface area contributed by atoms with E-state index in [1.165, 1.54) is 35.2 Å². The molecule has 0 unspecified atom stereocenters. The van der Waals surface area contributed by atoms with Gasteiger partial charge in [-0.2, -0.15) is 0 Å². The summed E-state index contributed by atoms with van der Waals surface area (Å²) in [5.41, 5.74) is 2.83. The lowest BCUT2D eigenvalue weighted by atomic mass is 10.0. The molecule has 0 aliphatic heterocycles. The molecule has 2 amide bonds. The van der Waals surface area contributed by atoms with Crippen LogP contribution in [0.3, 0.4) is 0 Å². The van der Waals surface area contributed by atoms with Crippen molar-refractivity contribution in [2.24, 2.45) is 0 Å². The first kappa shape index (κ1) is 32.1. The maximum absolute atomic E-state index is 14.4. The van der Waals surface area contributed by atoms with Crippen LogP contribution in [-0.2, 0) is 32.6 Å². The summed E-state index contributed by atoms with van der Waals surface area (Å²) in [7, 11) is -4.24. The summed E-state index contributed by atoms with van der Waals surface area (Å²) in [6, 6.07) is 28.3. The average molecular weight is 639 g/mol. The number of amides is 2. The van der Waals surface area contributed by atoms with Crippen molar-refractivity contribution in [3.8, 4) is 0 Å². The fourth-order valence-electron chi connectivity index (χ4n) is 4.67. The maximum Gasteiger partial charge on any atom is 0.264 e. The van der Waals surface area contributed by atoms with Crippen molar-refractivity contribution in [2.45, 2.75) is 37.8 Å². The molecule has 1 N–H and O–H groups in total. The first-order valence-electron chi connectivity index (χ1n) is 13.8. The van der Waals surface area contributed by atoms with Crippen LogP contribution in [0.2, 0.25) is 10.0 Å². The molecule has 43 heavy (non-hydrogen) atoms. The van der Waals surface area contributed by atoms with Crippen LogP contribution in [0.15, 0.2) is 108 Å². The lowest BCUT2D eigenvalue weighted by Gasteiger charge is -2.34. The number of sulfonamides is 1. The molecule has 0 radical (unpaired) electrons. The van der Waals surface area contributed by atoms with Crippen molar-refractivity contribution in [2.75, 3.05) is 17.4 Å². The largest absolute Gasteiger partial charge is 0.355 e. The van der Waals surface area contributed by atoms with Gasteiger partial charge in [0.05, 0.1) is 10.6 Å². The van der Waals surface area contributed by atoms with E-state index in [1.807, 2.05) is 61.5 Å². The highest BCUT2D eigenvalue weighted by atomic mass is 35.5. The first-order chi connectivity index (χ1) is 20.6. The van der Waals surface area contributed by atoms with Gasteiger partial charge < -0.3 is 10.2 Å². The van der Waals surface area contributed by atoms with E-state index in [2.05, 4.69) is 5.32 Å². The minimum absolute atomic E-state index is 0.00598. The summed E-state index contributed by atoms with van der Waals surface area (Å²) in [6.07, 6.45) is 0.235. The number of carbonyl (C=O) groups excluding carboxylic acids is 2. The monoisotopic (exact) mass is 637 g/mol. The van der Waals surface area contributed by atoms with Crippen LogP contribution >= 0.6 is 23.2 Å². The van der Waals surface area contributed by atoms with Gasteiger partial charge in [-0.05, 0) is 55.3 Å². The fraction of sp³-hybridized carbons (Fsp3) is 0.212. The standard InChI is InChI=1S/C33H33Cl2N3O4S/c1-3-36-33(40)31(18-25-10-6-4-7-11-25)37(22-26-16-14-24(2)15-17-26)32(39)23-38(29-20-27(34)19-28(35)21-29)43(41,42)30-12-8-5-9-13-30/h4-17,19-21,31H,3,18,22-23H2,1-2H3,(H,36,40)/t31-/m1/s1. The zero-order valence-corrected chi connectivity index (χ0v) is 26.2. The lowest BCUT2D eigenvalue weighted by molar-refractivity contribution is -0.140. The van der Waals surface area contributed by atoms with Crippen LogP contribution in [0.25, 0.3) is 0 Å². The topological polar surface area (TPSA) is 86.8 Å². The molecular formula is C33H33Cl2N3O4S. The zero-order chi connectivity index (χ0) is 31.0. The Labute approximate surface area is 263 Å². The van der Waals surface area contributed by atoms with Crippen molar-refractivity contribution < 1.29 is 18.0 Å². The van der Waals surface area contributed by atoms with E-state index in [-0.39, 0.29) is 39.5 Å². The SMILES string of the molecule is CCNC(=O)[C@@H](Cc1ccccc1)N(Cc1ccc(C)cc1)C(=O)CN(c1cc(Cl)cc(Cl)c1)S(=O)(=O)c1ccccc1. The number of carbonyl (C=O) groups is 2. The van der Waals surface area contributed by atoms with Gasteiger partial charge in [-0.15, -0.1) is 0 Å². The molecule has 4 aromatic rings. The van der Waals surface area contributed by atoms with Crippen LogP contribution < -0.4 is 9.62 Å². The van der Waals surface area contributed by atoms with Gasteiger partial charge >= 0.3 is 0 Å². The normalized spacial score (nSPS) is 11.9. The Balaban J connectivity index is 1.81. The highest BCUT2D eigenvalue weighted by molar-refractivity contribution is 7.92. The predicted molar refractivity (Wildman–Crippen MR) is 172 cm³/mol. The second kappa shape index (κ2) is 14.6. The van der Waals surface area contributed by atoms with Crippen molar-refractivity contribution >= 4 is 50.7 Å². The third kappa shape index (κ3) is 8.38. The second-order valence-electron chi connectivity index (χ2n) is 10.1. The molecule has 0 bridgehead atoms. The quantitative estimate of drug-likeness (QED) is 0.198. The number of rotatable bonds is 12. The molecular weight excluding hydrogens is 605 g/mol. The molecule has 0 aromatic heterocycles. The Hall–Kier alpha value is -3.85. The minimum Gasteiger partial charge on any atom is -0.355 e. The molecule has 4 rings (SSSR count). The number of nitrogens with one attached hydrogen (secondary N) is 1. The van der Waals surface area contributed by atoms with Gasteiger partial charge in [0.1, 0.15) is 12.6 Å². The molecule has 224 valence electrons. The summed E-state index contributed by atoms with van der Waals surface area (Å²) in [5, 5.41) is 3.28. The summed E-state index contributed by atoms with van der Waals surface area (Å²) >= 11 is 12.5. The minimum atomic E-state index is -4.24. The number of nitrogens with zero attached hydrogens (tertiary/aromatic N) is 2. The van der Waals surface area contributed by atoms with Crippen LogP contribution in [0.5, 0.6) is 0 Å². The molecule has 0 saturated carbocycles. The van der Waals surface area contributed by atoms with Gasteiger partial charge in [0, 0.05) is 29.6 Å². The van der Waals surface area contributed by atoms with Crippen molar-refractivity contribution in [3.05, 3.63) is 130 Å². The molecule has 0 saturated heterocycles. The van der Waals surface area contributed by atoms with Crippen molar-refractivity contribution in [1.29, 1.82) is 0 Å². The van der Waals surface area contributed by atoms with Crippen LogP contribution in [0.1, 0.15) is 23.6 Å². The maximum atomic E-state index is 14.4. The average Bonchev–Trinajstić information content (AvgIpc) is 2.99. The van der Waals surface area contributed by atoms with Crippen molar-refractivity contribution in [3.63, 3.8) is 0 Å². The zero-order valence-electron chi connectivity index (χ0n) is 23.9. The van der Waals surface area contributed by atoms with Gasteiger partial charge in [-0.25, -0.2) is 8.42 Å². The van der Waals surface area contributed by atoms with Crippen LogP contribution in [0, 0.1) is 6.92 Å². The van der Waals surface area contributed by atoms with Crippen LogP contribution in [0.4, 0.5) is 5.69 Å². The summed E-state index contributed by atoms with van der Waals surface area (Å²) in [6.45, 7) is 3.63. The van der Waals surface area contributed by atoms with E-state index in [9.17, 15) is 18.0 Å². The van der Waals surface area contributed by atoms with E-state index >= 15 is 0 Å². The molecule has 10 heteroatoms. The number of hydrogen-bond acceptors (Lipinski definition) is 4. The smallest absolute Gasteiger partial charge is 0.264 e.